The van der Waals surface area contributed by atoms with Crippen LogP contribution in [0.3, 0.4) is 0 Å². The summed E-state index contributed by atoms with van der Waals surface area (Å²) in [6.07, 6.45) is -2.30. The Morgan fingerprint density at radius 1 is 1.35 bits per heavy atom. The van der Waals surface area contributed by atoms with Gasteiger partial charge in [0, 0.05) is 6.08 Å². The number of carbonyl (C=O) groups is 1. The number of benzene rings is 1. The molecule has 0 aliphatic rings. The molecule has 0 spiro atoms. The molecule has 1 aromatic rings. The Kier molecular flexibility index (Phi) is 4.14. The third-order valence-electron chi connectivity index (χ3n) is 1.70. The van der Waals surface area contributed by atoms with Crippen LogP contribution in [-0.2, 0) is 9.53 Å². The van der Waals surface area contributed by atoms with Gasteiger partial charge in [0.15, 0.2) is 0 Å². The van der Waals surface area contributed by atoms with Crippen LogP contribution in [0, 0.1) is 0 Å². The van der Waals surface area contributed by atoms with Crippen molar-refractivity contribution in [1.29, 1.82) is 0 Å². The SMILES string of the molecule is COC(=O)/C=C/c1cccc(OC(F)(F)F)c1. The Morgan fingerprint density at radius 2 is 2.06 bits per heavy atom. The maximum absolute atomic E-state index is 11.9. The zero-order chi connectivity index (χ0) is 12.9. The number of ether oxygens (including phenoxy) is 2. The summed E-state index contributed by atoms with van der Waals surface area (Å²) in [5, 5.41) is 0. The molecule has 6 heteroatoms. The molecule has 0 unspecified atom stereocenters. The van der Waals surface area contributed by atoms with Crippen molar-refractivity contribution in [3.8, 4) is 5.75 Å². The van der Waals surface area contributed by atoms with E-state index in [2.05, 4.69) is 9.47 Å². The van der Waals surface area contributed by atoms with E-state index < -0.39 is 12.3 Å². The Hall–Kier alpha value is -1.98. The summed E-state index contributed by atoms with van der Waals surface area (Å²) in [6, 6.07) is 5.25. The molecule has 0 atom stereocenters. The smallest absolute Gasteiger partial charge is 0.466 e. The molecule has 17 heavy (non-hydrogen) atoms. The largest absolute Gasteiger partial charge is 0.573 e. The third kappa shape index (κ3) is 5.05. The van der Waals surface area contributed by atoms with E-state index >= 15 is 0 Å². The van der Waals surface area contributed by atoms with E-state index in [9.17, 15) is 18.0 Å². The lowest BCUT2D eigenvalue weighted by molar-refractivity contribution is -0.274. The zero-order valence-electron chi connectivity index (χ0n) is 8.82. The van der Waals surface area contributed by atoms with Gasteiger partial charge in [0.1, 0.15) is 5.75 Å². The van der Waals surface area contributed by atoms with E-state index in [4.69, 9.17) is 0 Å². The summed E-state index contributed by atoms with van der Waals surface area (Å²) < 4.78 is 43.9. The summed E-state index contributed by atoms with van der Waals surface area (Å²) in [5.74, 6) is -0.934. The average Bonchev–Trinajstić information content (AvgIpc) is 2.24. The topological polar surface area (TPSA) is 35.5 Å². The van der Waals surface area contributed by atoms with E-state index in [0.29, 0.717) is 5.56 Å². The van der Waals surface area contributed by atoms with Gasteiger partial charge < -0.3 is 9.47 Å². The molecule has 3 nitrogen and oxygen atoms in total. The van der Waals surface area contributed by atoms with Gasteiger partial charge >= 0.3 is 12.3 Å². The molecule has 0 fully saturated rings. The predicted octanol–water partition coefficient (Wildman–Crippen LogP) is 2.77. The monoisotopic (exact) mass is 246 g/mol. The number of esters is 1. The van der Waals surface area contributed by atoms with Gasteiger partial charge in [0.2, 0.25) is 0 Å². The van der Waals surface area contributed by atoms with Crippen LogP contribution in [0.1, 0.15) is 5.56 Å². The average molecular weight is 246 g/mol. The Balaban J connectivity index is 2.79. The van der Waals surface area contributed by atoms with Gasteiger partial charge in [-0.3, -0.25) is 0 Å². The number of hydrogen-bond acceptors (Lipinski definition) is 3. The second-order valence-electron chi connectivity index (χ2n) is 2.98. The fourth-order valence-electron chi connectivity index (χ4n) is 1.05. The maximum atomic E-state index is 11.9. The Bertz CT molecular complexity index is 424. The molecule has 0 amide bonds. The molecule has 0 aliphatic carbocycles. The fourth-order valence-corrected chi connectivity index (χ4v) is 1.05. The molecule has 0 radical (unpaired) electrons. The highest BCUT2D eigenvalue weighted by molar-refractivity contribution is 5.86. The van der Waals surface area contributed by atoms with Crippen molar-refractivity contribution >= 4 is 12.0 Å². The van der Waals surface area contributed by atoms with E-state index in [-0.39, 0.29) is 5.75 Å². The molecule has 0 saturated carbocycles. The van der Waals surface area contributed by atoms with Crippen molar-refractivity contribution in [2.75, 3.05) is 7.11 Å². The van der Waals surface area contributed by atoms with Crippen molar-refractivity contribution in [1.82, 2.24) is 0 Å². The first kappa shape index (κ1) is 13.1. The van der Waals surface area contributed by atoms with E-state index in [1.54, 1.807) is 0 Å². The quantitative estimate of drug-likeness (QED) is 0.607. The van der Waals surface area contributed by atoms with Gasteiger partial charge in [-0.25, -0.2) is 4.79 Å². The molecule has 1 aromatic carbocycles. The number of carbonyl (C=O) groups excluding carboxylic acids is 1. The minimum absolute atomic E-state index is 0.343. The number of halogens is 3. The van der Waals surface area contributed by atoms with E-state index in [0.717, 1.165) is 12.1 Å². The maximum Gasteiger partial charge on any atom is 0.573 e. The van der Waals surface area contributed by atoms with E-state index in [1.807, 2.05) is 0 Å². The third-order valence-corrected chi connectivity index (χ3v) is 1.70. The summed E-state index contributed by atoms with van der Waals surface area (Å²) in [5.41, 5.74) is 0.400. The minimum Gasteiger partial charge on any atom is -0.466 e. The van der Waals surface area contributed by atoms with Crippen molar-refractivity contribution < 1.29 is 27.4 Å². The molecular formula is C11H9F3O3. The van der Waals surface area contributed by atoms with Crippen molar-refractivity contribution in [2.45, 2.75) is 6.36 Å². The number of alkyl halides is 3. The first-order valence-corrected chi connectivity index (χ1v) is 4.52. The molecule has 0 N–H and O–H groups in total. The van der Waals surface area contributed by atoms with Crippen LogP contribution in [-0.4, -0.2) is 19.4 Å². The van der Waals surface area contributed by atoms with Gasteiger partial charge in [-0.2, -0.15) is 0 Å². The lowest BCUT2D eigenvalue weighted by atomic mass is 10.2. The molecular weight excluding hydrogens is 237 g/mol. The van der Waals surface area contributed by atoms with Crippen LogP contribution in [0.25, 0.3) is 6.08 Å². The number of rotatable bonds is 3. The summed E-state index contributed by atoms with van der Waals surface area (Å²) in [6.45, 7) is 0. The number of hydrogen-bond donors (Lipinski definition) is 0. The second-order valence-corrected chi connectivity index (χ2v) is 2.98. The minimum atomic E-state index is -4.73. The predicted molar refractivity (Wildman–Crippen MR) is 54.2 cm³/mol. The van der Waals surface area contributed by atoms with Crippen molar-refractivity contribution in [3.63, 3.8) is 0 Å². The number of methoxy groups -OCH3 is 1. The zero-order valence-corrected chi connectivity index (χ0v) is 8.82. The second kappa shape index (κ2) is 5.38. The first-order valence-electron chi connectivity index (χ1n) is 4.52. The highest BCUT2D eigenvalue weighted by Gasteiger charge is 2.30. The van der Waals surface area contributed by atoms with Gasteiger partial charge in [-0.05, 0) is 23.8 Å². The lowest BCUT2D eigenvalue weighted by Gasteiger charge is -2.08. The van der Waals surface area contributed by atoms with Crippen molar-refractivity contribution in [3.05, 3.63) is 35.9 Å². The van der Waals surface area contributed by atoms with Crippen LogP contribution >= 0.6 is 0 Å². The molecule has 0 saturated heterocycles. The standard InChI is InChI=1S/C11H9F3O3/c1-16-10(15)6-5-8-3-2-4-9(7-8)17-11(12,13)14/h2-7H,1H3/b6-5+. The van der Waals surface area contributed by atoms with Gasteiger partial charge in [0.25, 0.3) is 0 Å². The summed E-state index contributed by atoms with van der Waals surface area (Å²) >= 11 is 0. The summed E-state index contributed by atoms with van der Waals surface area (Å²) in [4.78, 5) is 10.8. The molecule has 0 aromatic heterocycles. The van der Waals surface area contributed by atoms with Gasteiger partial charge in [0.05, 0.1) is 7.11 Å². The van der Waals surface area contributed by atoms with E-state index in [1.165, 1.54) is 31.4 Å². The Labute approximate surface area is 95.5 Å². The van der Waals surface area contributed by atoms with Crippen LogP contribution in [0.15, 0.2) is 30.3 Å². The lowest BCUT2D eigenvalue weighted by Crippen LogP contribution is -2.17. The fraction of sp³-hybridized carbons (Fsp3) is 0.182. The Morgan fingerprint density at radius 3 is 2.65 bits per heavy atom. The van der Waals surface area contributed by atoms with Crippen LogP contribution in [0.2, 0.25) is 0 Å². The van der Waals surface area contributed by atoms with Crippen LogP contribution in [0.4, 0.5) is 13.2 Å². The van der Waals surface area contributed by atoms with Crippen LogP contribution < -0.4 is 4.74 Å². The first-order chi connectivity index (χ1) is 7.90. The highest BCUT2D eigenvalue weighted by Crippen LogP contribution is 2.23. The molecule has 0 bridgehead atoms. The molecule has 0 heterocycles. The van der Waals surface area contributed by atoms with Gasteiger partial charge in [-0.15, -0.1) is 13.2 Å². The normalized spacial score (nSPS) is 11.5. The van der Waals surface area contributed by atoms with Crippen molar-refractivity contribution in [2.24, 2.45) is 0 Å². The summed E-state index contributed by atoms with van der Waals surface area (Å²) in [7, 11) is 1.20. The van der Waals surface area contributed by atoms with Crippen LogP contribution in [0.5, 0.6) is 5.75 Å². The molecule has 92 valence electrons. The molecule has 0 aliphatic heterocycles. The van der Waals surface area contributed by atoms with Gasteiger partial charge in [-0.1, -0.05) is 12.1 Å². The molecule has 1 rings (SSSR count). The highest BCUT2D eigenvalue weighted by atomic mass is 19.4.